The lowest BCUT2D eigenvalue weighted by molar-refractivity contribution is -0.144. The van der Waals surface area contributed by atoms with Gasteiger partial charge in [-0.15, -0.1) is 0 Å². The molecule has 0 saturated carbocycles. The maximum atomic E-state index is 13.3. The molecule has 2 aromatic rings. The topological polar surface area (TPSA) is 224 Å². The van der Waals surface area contributed by atoms with Crippen LogP contribution in [-0.4, -0.2) is 80.2 Å². The summed E-state index contributed by atoms with van der Waals surface area (Å²) < 4.78 is 0. The van der Waals surface area contributed by atoms with Gasteiger partial charge in [0.25, 0.3) is 0 Å². The smallest absolute Gasteiger partial charge is 0.326 e. The van der Waals surface area contributed by atoms with E-state index < -0.39 is 72.8 Å². The van der Waals surface area contributed by atoms with Gasteiger partial charge >= 0.3 is 11.9 Å². The van der Waals surface area contributed by atoms with E-state index in [1.54, 1.807) is 20.0 Å². The molecule has 0 aliphatic carbocycles. The molecule has 0 bridgehead atoms. The van der Waals surface area contributed by atoms with Gasteiger partial charge in [-0.3, -0.25) is 19.2 Å². The molecule has 38 heavy (non-hydrogen) atoms. The molecule has 1 aromatic heterocycles. The molecular weight excluding hydrogens is 498 g/mol. The number of para-hydroxylation sites is 1. The molecule has 9 N–H and O–H groups in total. The van der Waals surface area contributed by atoms with E-state index in [1.807, 2.05) is 24.3 Å². The Morgan fingerprint density at radius 3 is 2.13 bits per heavy atom. The number of aliphatic hydroxyl groups excluding tert-OH is 1. The SMILES string of the molecule is CC(C)C(N)C(=O)NC(Cc1c[nH]c2ccccc12)C(=O)NC(C(=O)NC(CCC(=O)O)C(=O)O)C(C)O. The van der Waals surface area contributed by atoms with Crippen LogP contribution in [0.15, 0.2) is 30.5 Å². The van der Waals surface area contributed by atoms with Crippen molar-refractivity contribution in [3.8, 4) is 0 Å². The van der Waals surface area contributed by atoms with Crippen LogP contribution in [0.4, 0.5) is 0 Å². The predicted molar refractivity (Wildman–Crippen MR) is 137 cm³/mol. The number of aromatic amines is 1. The number of aliphatic carboxylic acids is 2. The molecule has 1 aromatic carbocycles. The zero-order valence-corrected chi connectivity index (χ0v) is 21.4. The molecule has 13 nitrogen and oxygen atoms in total. The number of carbonyl (C=O) groups excluding carboxylic acids is 3. The largest absolute Gasteiger partial charge is 0.481 e. The van der Waals surface area contributed by atoms with Crippen LogP contribution in [0.5, 0.6) is 0 Å². The van der Waals surface area contributed by atoms with Gasteiger partial charge in [0.1, 0.15) is 18.1 Å². The summed E-state index contributed by atoms with van der Waals surface area (Å²) >= 11 is 0. The highest BCUT2D eigenvalue weighted by Gasteiger charge is 2.33. The van der Waals surface area contributed by atoms with Crippen molar-refractivity contribution in [2.24, 2.45) is 11.7 Å². The Balaban J connectivity index is 2.27. The monoisotopic (exact) mass is 533 g/mol. The van der Waals surface area contributed by atoms with Crippen molar-refractivity contribution in [3.05, 3.63) is 36.0 Å². The molecule has 0 spiro atoms. The summed E-state index contributed by atoms with van der Waals surface area (Å²) in [5.41, 5.74) is 7.47. The van der Waals surface area contributed by atoms with Crippen LogP contribution in [0.2, 0.25) is 0 Å². The Hall–Kier alpha value is -3.97. The number of hydrogen-bond acceptors (Lipinski definition) is 7. The van der Waals surface area contributed by atoms with Gasteiger partial charge in [0.15, 0.2) is 0 Å². The molecule has 0 aliphatic heterocycles. The number of nitrogens with two attached hydrogens (primary N) is 1. The van der Waals surface area contributed by atoms with Crippen molar-refractivity contribution in [2.75, 3.05) is 0 Å². The quantitative estimate of drug-likeness (QED) is 0.156. The Kier molecular flexibility index (Phi) is 10.8. The van der Waals surface area contributed by atoms with Crippen LogP contribution >= 0.6 is 0 Å². The number of carbonyl (C=O) groups is 5. The second-order valence-corrected chi connectivity index (χ2v) is 9.45. The van der Waals surface area contributed by atoms with Crippen molar-refractivity contribution >= 4 is 40.6 Å². The fourth-order valence-corrected chi connectivity index (χ4v) is 3.75. The summed E-state index contributed by atoms with van der Waals surface area (Å²) in [7, 11) is 0. The Morgan fingerprint density at radius 2 is 1.55 bits per heavy atom. The predicted octanol–water partition coefficient (Wildman–Crippen LogP) is -0.522. The first kappa shape index (κ1) is 30.3. The first-order valence-electron chi connectivity index (χ1n) is 12.2. The normalized spacial score (nSPS) is 15.2. The number of aromatic nitrogens is 1. The minimum Gasteiger partial charge on any atom is -0.481 e. The van der Waals surface area contributed by atoms with Gasteiger partial charge in [0.2, 0.25) is 17.7 Å². The number of carboxylic acids is 2. The highest BCUT2D eigenvalue weighted by molar-refractivity contribution is 5.95. The molecule has 3 amide bonds. The fraction of sp³-hybridized carbons (Fsp3) is 0.480. The average Bonchev–Trinajstić information content (AvgIpc) is 3.25. The van der Waals surface area contributed by atoms with Gasteiger partial charge in [-0.2, -0.15) is 0 Å². The second kappa shape index (κ2) is 13.5. The molecule has 0 radical (unpaired) electrons. The number of aliphatic hydroxyl groups is 1. The average molecular weight is 534 g/mol. The van der Waals surface area contributed by atoms with Crippen molar-refractivity contribution in [1.29, 1.82) is 0 Å². The molecule has 0 aliphatic rings. The molecule has 5 unspecified atom stereocenters. The number of fused-ring (bicyclic) bond motifs is 1. The number of rotatable bonds is 14. The van der Waals surface area contributed by atoms with Gasteiger partial charge < -0.3 is 42.0 Å². The van der Waals surface area contributed by atoms with Crippen LogP contribution in [0, 0.1) is 5.92 Å². The van der Waals surface area contributed by atoms with Crippen molar-refractivity contribution in [3.63, 3.8) is 0 Å². The van der Waals surface area contributed by atoms with Crippen LogP contribution in [0.25, 0.3) is 10.9 Å². The van der Waals surface area contributed by atoms with Crippen LogP contribution in [0.1, 0.15) is 39.2 Å². The number of benzene rings is 1. The Labute approximate surface area is 219 Å². The summed E-state index contributed by atoms with van der Waals surface area (Å²) in [5, 5.41) is 36.3. The van der Waals surface area contributed by atoms with Crippen LogP contribution < -0.4 is 21.7 Å². The Bertz CT molecular complexity index is 1160. The zero-order chi connectivity index (χ0) is 28.6. The third kappa shape index (κ3) is 8.28. The zero-order valence-electron chi connectivity index (χ0n) is 21.4. The first-order valence-corrected chi connectivity index (χ1v) is 12.2. The molecule has 0 saturated heterocycles. The summed E-state index contributed by atoms with van der Waals surface area (Å²) in [6.45, 7) is 4.71. The molecule has 0 fully saturated rings. The summed E-state index contributed by atoms with van der Waals surface area (Å²) in [4.78, 5) is 64.2. The van der Waals surface area contributed by atoms with Crippen molar-refractivity contribution in [2.45, 2.75) is 70.3 Å². The van der Waals surface area contributed by atoms with Crippen molar-refractivity contribution in [1.82, 2.24) is 20.9 Å². The minimum absolute atomic E-state index is 0.0247. The van der Waals surface area contributed by atoms with E-state index in [9.17, 15) is 34.2 Å². The first-order chi connectivity index (χ1) is 17.8. The van der Waals surface area contributed by atoms with E-state index in [2.05, 4.69) is 20.9 Å². The maximum Gasteiger partial charge on any atom is 0.326 e. The van der Waals surface area contributed by atoms with E-state index in [0.717, 1.165) is 10.9 Å². The number of nitrogens with one attached hydrogen (secondary N) is 4. The molecule has 1 heterocycles. The third-order valence-corrected chi connectivity index (χ3v) is 6.08. The summed E-state index contributed by atoms with van der Waals surface area (Å²) in [6, 6.07) is 2.10. The molecular formula is C25H35N5O8. The lowest BCUT2D eigenvalue weighted by atomic mass is 10.0. The molecule has 2 rings (SSSR count). The van der Waals surface area contributed by atoms with E-state index in [-0.39, 0.29) is 12.3 Å². The lowest BCUT2D eigenvalue weighted by Crippen LogP contribution is -2.60. The van der Waals surface area contributed by atoms with Gasteiger partial charge in [-0.05, 0) is 30.9 Å². The third-order valence-electron chi connectivity index (χ3n) is 6.08. The van der Waals surface area contributed by atoms with Gasteiger partial charge in [-0.25, -0.2) is 4.79 Å². The number of amides is 3. The highest BCUT2D eigenvalue weighted by Crippen LogP contribution is 2.19. The molecule has 13 heteroatoms. The number of carboxylic acid groups (broad SMARTS) is 2. The van der Waals surface area contributed by atoms with Gasteiger partial charge in [-0.1, -0.05) is 32.0 Å². The molecule has 5 atom stereocenters. The van der Waals surface area contributed by atoms with E-state index >= 15 is 0 Å². The van der Waals surface area contributed by atoms with Crippen LogP contribution in [-0.2, 0) is 30.4 Å². The lowest BCUT2D eigenvalue weighted by Gasteiger charge is -2.27. The van der Waals surface area contributed by atoms with E-state index in [0.29, 0.717) is 5.56 Å². The minimum atomic E-state index is -1.59. The summed E-state index contributed by atoms with van der Waals surface area (Å²) in [6.07, 6.45) is -0.647. The van der Waals surface area contributed by atoms with E-state index in [1.165, 1.54) is 6.92 Å². The van der Waals surface area contributed by atoms with E-state index in [4.69, 9.17) is 10.8 Å². The van der Waals surface area contributed by atoms with Gasteiger partial charge in [0, 0.05) is 29.9 Å². The standard InChI is InChI=1S/C25H35N5O8/c1-12(2)20(26)23(35)29-18(10-14-11-27-16-7-5-4-6-15(14)16)22(34)30-21(13(3)31)24(36)28-17(25(37)38)8-9-19(32)33/h4-7,11-13,17-18,20-21,27,31H,8-10,26H2,1-3H3,(H,28,36)(H,29,35)(H,30,34)(H,32,33)(H,37,38). The maximum absolute atomic E-state index is 13.3. The van der Waals surface area contributed by atoms with Gasteiger partial charge in [0.05, 0.1) is 12.1 Å². The van der Waals surface area contributed by atoms with Crippen molar-refractivity contribution < 1.29 is 39.3 Å². The van der Waals surface area contributed by atoms with Crippen LogP contribution in [0.3, 0.4) is 0 Å². The Morgan fingerprint density at radius 1 is 0.921 bits per heavy atom. The summed E-state index contributed by atoms with van der Waals surface area (Å²) in [5.74, 6) is -5.36. The highest BCUT2D eigenvalue weighted by atomic mass is 16.4. The molecule has 208 valence electrons. The number of H-pyrrole nitrogens is 1. The fourth-order valence-electron chi connectivity index (χ4n) is 3.75. The number of hydrogen-bond donors (Lipinski definition) is 8. The second-order valence-electron chi connectivity index (χ2n) is 9.45.